The van der Waals surface area contributed by atoms with Crippen molar-refractivity contribution in [3.8, 4) is 5.75 Å². The van der Waals surface area contributed by atoms with Gasteiger partial charge in [-0.15, -0.1) is 0 Å². The highest BCUT2D eigenvalue weighted by Crippen LogP contribution is 2.43. The first-order valence-electron chi connectivity index (χ1n) is 14.0. The summed E-state index contributed by atoms with van der Waals surface area (Å²) >= 11 is 7.68. The summed E-state index contributed by atoms with van der Waals surface area (Å²) in [5.41, 5.74) is 2.81. The van der Waals surface area contributed by atoms with Crippen molar-refractivity contribution in [1.29, 1.82) is 0 Å². The molecular formula is C34H33ClN2O2S. The molecule has 6 heteroatoms. The first kappa shape index (κ1) is 26.8. The lowest BCUT2D eigenvalue weighted by Crippen LogP contribution is -2.48. The van der Waals surface area contributed by atoms with E-state index in [1.165, 1.54) is 6.42 Å². The summed E-state index contributed by atoms with van der Waals surface area (Å²) in [7, 11) is 0. The zero-order valence-corrected chi connectivity index (χ0v) is 24.1. The summed E-state index contributed by atoms with van der Waals surface area (Å²) in [6.07, 6.45) is 6.63. The van der Waals surface area contributed by atoms with Crippen LogP contribution in [0.25, 0.3) is 16.8 Å². The number of amides is 1. The Morgan fingerprint density at radius 3 is 2.50 bits per heavy atom. The van der Waals surface area contributed by atoms with Gasteiger partial charge in [-0.2, -0.15) is 0 Å². The van der Waals surface area contributed by atoms with Gasteiger partial charge in [-0.3, -0.25) is 4.79 Å². The Hall–Kier alpha value is -3.41. The molecule has 1 amide bonds. The van der Waals surface area contributed by atoms with E-state index in [9.17, 15) is 4.79 Å². The molecule has 0 bridgehead atoms. The fourth-order valence-corrected chi connectivity index (χ4v) is 7.11. The van der Waals surface area contributed by atoms with E-state index >= 15 is 0 Å². The van der Waals surface area contributed by atoms with Crippen molar-refractivity contribution in [2.75, 3.05) is 5.32 Å². The fraction of sp³-hybridized carbons (Fsp3) is 0.265. The van der Waals surface area contributed by atoms with E-state index in [4.69, 9.17) is 16.3 Å². The highest BCUT2D eigenvalue weighted by atomic mass is 35.5. The third-order valence-corrected chi connectivity index (χ3v) is 9.30. The molecule has 1 saturated carbocycles. The number of carbonyl (C=O) groups is 1. The Labute approximate surface area is 245 Å². The van der Waals surface area contributed by atoms with Crippen molar-refractivity contribution in [2.45, 2.75) is 50.8 Å². The monoisotopic (exact) mass is 568 g/mol. The molecular weight excluding hydrogens is 536 g/mol. The van der Waals surface area contributed by atoms with Crippen molar-refractivity contribution in [3.63, 3.8) is 0 Å². The zero-order chi connectivity index (χ0) is 27.5. The third-order valence-electron chi connectivity index (χ3n) is 7.94. The van der Waals surface area contributed by atoms with Gasteiger partial charge < -0.3 is 15.0 Å². The Bertz CT molecular complexity index is 1520. The molecule has 6 rings (SSSR count). The first-order valence-corrected chi connectivity index (χ1v) is 15.2. The number of nitrogens with one attached hydrogen (secondary N) is 1. The van der Waals surface area contributed by atoms with Crippen LogP contribution in [0.3, 0.4) is 0 Å². The predicted molar refractivity (Wildman–Crippen MR) is 167 cm³/mol. The summed E-state index contributed by atoms with van der Waals surface area (Å²) in [5, 5.41) is 6.52. The van der Waals surface area contributed by atoms with Crippen LogP contribution in [-0.4, -0.2) is 22.3 Å². The van der Waals surface area contributed by atoms with Crippen LogP contribution in [0, 0.1) is 5.92 Å². The number of hydrogen-bond acceptors (Lipinski definition) is 4. The number of hydrogen-bond donors (Lipinski definition) is 1. The lowest BCUT2D eigenvalue weighted by atomic mass is 9.85. The number of para-hydroxylation sites is 1. The molecule has 2 aliphatic rings. The van der Waals surface area contributed by atoms with Gasteiger partial charge in [0, 0.05) is 22.3 Å². The van der Waals surface area contributed by atoms with Crippen molar-refractivity contribution in [2.24, 2.45) is 5.92 Å². The molecule has 4 aromatic rings. The minimum absolute atomic E-state index is 0.0915. The number of thioether (sulfide) groups is 1. The largest absolute Gasteiger partial charge is 0.488 e. The predicted octanol–water partition coefficient (Wildman–Crippen LogP) is 8.96. The summed E-state index contributed by atoms with van der Waals surface area (Å²) in [6.45, 7) is 2.70. The van der Waals surface area contributed by atoms with E-state index in [2.05, 4.69) is 47.5 Å². The standard InChI is InChI=1S/C34H33ClN2O2S/c1-23-9-5-8-14-30(23)37-33(38)32(40-34(37)36-27-11-3-2-4-12-27)21-29-28-13-7-6-10-25(28)17-20-31(29)39-22-24-15-18-26(35)19-16-24/h2-4,6-7,10-13,15-21,23,30,34,36H,5,8-9,14,22H2,1H3/b32-21-/t23-,30+,34?/m1/s1. The van der Waals surface area contributed by atoms with E-state index in [1.807, 2.05) is 66.7 Å². The van der Waals surface area contributed by atoms with E-state index in [-0.39, 0.29) is 17.4 Å². The molecule has 1 aliphatic heterocycles. The third kappa shape index (κ3) is 5.72. The van der Waals surface area contributed by atoms with Crippen LogP contribution in [0.4, 0.5) is 5.69 Å². The van der Waals surface area contributed by atoms with Crippen LogP contribution in [-0.2, 0) is 11.4 Å². The topological polar surface area (TPSA) is 41.6 Å². The maximum atomic E-state index is 14.2. The Morgan fingerprint density at radius 2 is 1.70 bits per heavy atom. The van der Waals surface area contributed by atoms with Crippen molar-refractivity contribution >= 4 is 51.8 Å². The normalized spacial score (nSPS) is 22.1. The average Bonchev–Trinajstić information content (AvgIpc) is 3.28. The maximum absolute atomic E-state index is 14.2. The summed E-state index contributed by atoms with van der Waals surface area (Å²) in [6, 6.07) is 30.4. The van der Waals surface area contributed by atoms with E-state index in [0.717, 1.165) is 57.5 Å². The second-order valence-corrected chi connectivity index (χ2v) is 12.2. The number of rotatable bonds is 7. The van der Waals surface area contributed by atoms with Crippen LogP contribution in [0.15, 0.2) is 95.9 Å². The van der Waals surface area contributed by atoms with Crippen molar-refractivity contribution in [1.82, 2.24) is 4.90 Å². The molecule has 1 unspecified atom stereocenters. The van der Waals surface area contributed by atoms with Gasteiger partial charge in [0.1, 0.15) is 12.4 Å². The Morgan fingerprint density at radius 1 is 0.950 bits per heavy atom. The molecule has 1 saturated heterocycles. The second-order valence-electron chi connectivity index (χ2n) is 10.6. The number of nitrogens with zero attached hydrogens (tertiary/aromatic N) is 1. The van der Waals surface area contributed by atoms with Crippen molar-refractivity contribution in [3.05, 3.63) is 112 Å². The number of benzene rings is 4. The first-order chi connectivity index (χ1) is 19.6. The molecule has 2 fully saturated rings. The number of halogens is 1. The van der Waals surface area contributed by atoms with E-state index < -0.39 is 0 Å². The Balaban J connectivity index is 1.37. The smallest absolute Gasteiger partial charge is 0.262 e. The van der Waals surface area contributed by atoms with Gasteiger partial charge in [0.25, 0.3) is 5.91 Å². The van der Waals surface area contributed by atoms with Gasteiger partial charge in [-0.25, -0.2) is 0 Å². The van der Waals surface area contributed by atoms with Gasteiger partial charge in [-0.1, -0.05) is 104 Å². The highest BCUT2D eigenvalue weighted by molar-refractivity contribution is 8.05. The Kier molecular flexibility index (Phi) is 8.03. The summed E-state index contributed by atoms with van der Waals surface area (Å²) in [5.74, 6) is 1.31. The average molecular weight is 569 g/mol. The van der Waals surface area contributed by atoms with E-state index in [1.54, 1.807) is 11.8 Å². The van der Waals surface area contributed by atoms with Gasteiger partial charge in [0.15, 0.2) is 5.50 Å². The number of fused-ring (bicyclic) bond motifs is 1. The van der Waals surface area contributed by atoms with E-state index in [0.29, 0.717) is 17.5 Å². The SMILES string of the molecule is C[C@@H]1CCCC[C@@H]1N1C(=O)/C(=C/c2c(OCc3ccc(Cl)cc3)ccc3ccccc23)SC1Nc1ccccc1. The van der Waals surface area contributed by atoms with Crippen LogP contribution in [0.5, 0.6) is 5.75 Å². The van der Waals surface area contributed by atoms with Crippen LogP contribution < -0.4 is 10.1 Å². The zero-order valence-electron chi connectivity index (χ0n) is 22.6. The molecule has 1 heterocycles. The van der Waals surface area contributed by atoms with Crippen LogP contribution in [0.2, 0.25) is 5.02 Å². The maximum Gasteiger partial charge on any atom is 0.262 e. The number of ether oxygens (including phenoxy) is 1. The molecule has 3 atom stereocenters. The second kappa shape index (κ2) is 12.0. The molecule has 1 aliphatic carbocycles. The van der Waals surface area contributed by atoms with Gasteiger partial charge in [-0.05, 0) is 71.5 Å². The van der Waals surface area contributed by atoms with Gasteiger partial charge in [0.05, 0.1) is 4.91 Å². The molecule has 0 radical (unpaired) electrons. The minimum atomic E-state index is -0.167. The molecule has 0 spiro atoms. The molecule has 4 aromatic carbocycles. The lowest BCUT2D eigenvalue weighted by Gasteiger charge is -2.39. The summed E-state index contributed by atoms with van der Waals surface area (Å²) in [4.78, 5) is 17.0. The molecule has 40 heavy (non-hydrogen) atoms. The number of anilines is 1. The lowest BCUT2D eigenvalue weighted by molar-refractivity contribution is -0.129. The van der Waals surface area contributed by atoms with Gasteiger partial charge in [0.2, 0.25) is 0 Å². The minimum Gasteiger partial charge on any atom is -0.488 e. The number of carbonyl (C=O) groups excluding carboxylic acids is 1. The molecule has 204 valence electrons. The summed E-state index contributed by atoms with van der Waals surface area (Å²) < 4.78 is 6.36. The fourth-order valence-electron chi connectivity index (χ4n) is 5.79. The molecule has 0 aromatic heterocycles. The van der Waals surface area contributed by atoms with Crippen LogP contribution >= 0.6 is 23.4 Å². The quantitative estimate of drug-likeness (QED) is 0.226. The molecule has 4 nitrogen and oxygen atoms in total. The molecule has 1 N–H and O–H groups in total. The van der Waals surface area contributed by atoms with Crippen LogP contribution in [0.1, 0.15) is 43.7 Å². The van der Waals surface area contributed by atoms with Gasteiger partial charge >= 0.3 is 0 Å². The van der Waals surface area contributed by atoms with Crippen molar-refractivity contribution < 1.29 is 9.53 Å². The highest BCUT2D eigenvalue weighted by Gasteiger charge is 2.43.